The highest BCUT2D eigenvalue weighted by molar-refractivity contribution is 7.92. The third kappa shape index (κ3) is 3.39. The molecular formula is C17H21N3O3S. The molecular weight excluding hydrogens is 326 g/mol. The molecule has 24 heavy (non-hydrogen) atoms. The molecule has 2 aliphatic heterocycles. The van der Waals surface area contributed by atoms with Crippen LogP contribution in [0.25, 0.3) is 0 Å². The van der Waals surface area contributed by atoms with Crippen molar-refractivity contribution in [1.82, 2.24) is 4.90 Å². The van der Waals surface area contributed by atoms with Gasteiger partial charge in [0.1, 0.15) is 0 Å². The molecule has 0 N–H and O–H groups in total. The Balaban J connectivity index is 1.71. The van der Waals surface area contributed by atoms with E-state index in [1.54, 1.807) is 29.2 Å². The van der Waals surface area contributed by atoms with Gasteiger partial charge in [-0.3, -0.25) is 9.10 Å². The van der Waals surface area contributed by atoms with Crippen LogP contribution in [0.1, 0.15) is 36.0 Å². The van der Waals surface area contributed by atoms with Crippen molar-refractivity contribution in [2.45, 2.75) is 25.7 Å². The van der Waals surface area contributed by atoms with Gasteiger partial charge < -0.3 is 4.90 Å². The summed E-state index contributed by atoms with van der Waals surface area (Å²) in [4.78, 5) is 14.3. The Labute approximate surface area is 142 Å². The standard InChI is InChI=1S/C17H21N3O3S/c18-13-14-7-10-19(11-8-14)17(21)15-3-5-16(6-4-15)20-9-1-2-12-24(20,22)23/h3-6,14H,1-2,7-12H2. The van der Waals surface area contributed by atoms with Crippen LogP contribution in [-0.2, 0) is 10.0 Å². The van der Waals surface area contributed by atoms with Gasteiger partial charge in [0, 0.05) is 31.1 Å². The third-order valence-electron chi connectivity index (χ3n) is 4.72. The number of piperidine rings is 1. The second-order valence-electron chi connectivity index (χ2n) is 6.34. The summed E-state index contributed by atoms with van der Waals surface area (Å²) in [6, 6.07) is 9.05. The Hall–Kier alpha value is -2.07. The molecule has 1 aromatic carbocycles. The molecule has 2 fully saturated rings. The van der Waals surface area contributed by atoms with Crippen molar-refractivity contribution in [3.63, 3.8) is 0 Å². The maximum atomic E-state index is 12.5. The Kier molecular flexibility index (Phi) is 4.76. The minimum atomic E-state index is -3.23. The predicted molar refractivity (Wildman–Crippen MR) is 91.0 cm³/mol. The van der Waals surface area contributed by atoms with E-state index in [0.717, 1.165) is 6.42 Å². The molecule has 0 radical (unpaired) electrons. The fourth-order valence-electron chi connectivity index (χ4n) is 3.24. The van der Waals surface area contributed by atoms with Gasteiger partial charge in [-0.25, -0.2) is 8.42 Å². The zero-order valence-electron chi connectivity index (χ0n) is 13.5. The van der Waals surface area contributed by atoms with Crippen LogP contribution in [0.15, 0.2) is 24.3 Å². The first kappa shape index (κ1) is 16.8. The number of rotatable bonds is 2. The van der Waals surface area contributed by atoms with Crippen molar-refractivity contribution in [3.05, 3.63) is 29.8 Å². The highest BCUT2D eigenvalue weighted by Crippen LogP contribution is 2.25. The van der Waals surface area contributed by atoms with Gasteiger partial charge >= 0.3 is 0 Å². The quantitative estimate of drug-likeness (QED) is 0.819. The number of carbonyl (C=O) groups is 1. The van der Waals surface area contributed by atoms with E-state index in [4.69, 9.17) is 5.26 Å². The molecule has 1 amide bonds. The van der Waals surface area contributed by atoms with Gasteiger partial charge in [-0.15, -0.1) is 0 Å². The topological polar surface area (TPSA) is 81.5 Å². The van der Waals surface area contributed by atoms with Gasteiger partial charge in [-0.1, -0.05) is 0 Å². The Morgan fingerprint density at radius 1 is 1.08 bits per heavy atom. The first-order valence-electron chi connectivity index (χ1n) is 8.30. The van der Waals surface area contributed by atoms with Crippen LogP contribution in [-0.4, -0.2) is 44.6 Å². The van der Waals surface area contributed by atoms with E-state index in [2.05, 4.69) is 6.07 Å². The summed E-state index contributed by atoms with van der Waals surface area (Å²) in [6.45, 7) is 1.69. The molecule has 2 heterocycles. The second kappa shape index (κ2) is 6.81. The van der Waals surface area contributed by atoms with Crippen LogP contribution in [0.2, 0.25) is 0 Å². The molecule has 3 rings (SSSR count). The minimum Gasteiger partial charge on any atom is -0.339 e. The van der Waals surface area contributed by atoms with Gasteiger partial charge in [0.25, 0.3) is 5.91 Å². The van der Waals surface area contributed by atoms with Crippen molar-refractivity contribution in [2.75, 3.05) is 29.7 Å². The fourth-order valence-corrected chi connectivity index (χ4v) is 4.88. The monoisotopic (exact) mass is 347 g/mol. The van der Waals surface area contributed by atoms with Crippen molar-refractivity contribution < 1.29 is 13.2 Å². The normalized spacial score (nSPS) is 21.3. The third-order valence-corrected chi connectivity index (χ3v) is 6.59. The van der Waals surface area contributed by atoms with Crippen molar-refractivity contribution >= 4 is 21.6 Å². The van der Waals surface area contributed by atoms with E-state index in [9.17, 15) is 13.2 Å². The Bertz CT molecular complexity index is 744. The molecule has 0 aliphatic carbocycles. The molecule has 7 heteroatoms. The van der Waals surface area contributed by atoms with Crippen LogP contribution in [0, 0.1) is 17.2 Å². The SMILES string of the molecule is N#CC1CCN(C(=O)c2ccc(N3CCCCS3(=O)=O)cc2)CC1. The molecule has 0 unspecified atom stereocenters. The first-order chi connectivity index (χ1) is 11.5. The summed E-state index contributed by atoms with van der Waals surface area (Å²) in [5.41, 5.74) is 1.18. The van der Waals surface area contributed by atoms with E-state index in [0.29, 0.717) is 50.1 Å². The van der Waals surface area contributed by atoms with Crippen LogP contribution < -0.4 is 4.31 Å². The van der Waals surface area contributed by atoms with Crippen LogP contribution in [0.5, 0.6) is 0 Å². The number of likely N-dealkylation sites (tertiary alicyclic amines) is 1. The van der Waals surface area contributed by atoms with E-state index in [1.807, 2.05) is 0 Å². The number of hydrogen-bond acceptors (Lipinski definition) is 4. The molecule has 0 saturated carbocycles. The zero-order chi connectivity index (χ0) is 17.2. The maximum Gasteiger partial charge on any atom is 0.253 e. The zero-order valence-corrected chi connectivity index (χ0v) is 14.3. The number of amides is 1. The Morgan fingerprint density at radius 2 is 1.75 bits per heavy atom. The lowest BCUT2D eigenvalue weighted by atomic mass is 9.98. The number of hydrogen-bond donors (Lipinski definition) is 0. The smallest absolute Gasteiger partial charge is 0.253 e. The summed E-state index contributed by atoms with van der Waals surface area (Å²) in [5, 5.41) is 8.92. The van der Waals surface area contributed by atoms with E-state index in [-0.39, 0.29) is 17.6 Å². The molecule has 0 bridgehead atoms. The number of benzene rings is 1. The van der Waals surface area contributed by atoms with Crippen molar-refractivity contribution in [3.8, 4) is 6.07 Å². The van der Waals surface area contributed by atoms with Gasteiger partial charge in [0.15, 0.2) is 0 Å². The van der Waals surface area contributed by atoms with Gasteiger partial charge in [-0.2, -0.15) is 5.26 Å². The fraction of sp³-hybridized carbons (Fsp3) is 0.529. The Morgan fingerprint density at radius 3 is 2.33 bits per heavy atom. The summed E-state index contributed by atoms with van der Waals surface area (Å²) in [5.74, 6) is 0.168. The molecule has 0 atom stereocenters. The lowest BCUT2D eigenvalue weighted by molar-refractivity contribution is 0.0707. The van der Waals surface area contributed by atoms with Crippen molar-refractivity contribution in [1.29, 1.82) is 5.26 Å². The number of nitrogens with zero attached hydrogens (tertiary/aromatic N) is 3. The minimum absolute atomic E-state index is 0.0423. The lowest BCUT2D eigenvalue weighted by Crippen LogP contribution is -2.38. The van der Waals surface area contributed by atoms with Gasteiger partial charge in [0.2, 0.25) is 10.0 Å². The number of nitriles is 1. The molecule has 1 aromatic rings. The number of anilines is 1. The van der Waals surface area contributed by atoms with Gasteiger partial charge in [0.05, 0.1) is 17.5 Å². The first-order valence-corrected chi connectivity index (χ1v) is 9.91. The van der Waals surface area contributed by atoms with Crippen molar-refractivity contribution in [2.24, 2.45) is 5.92 Å². The van der Waals surface area contributed by atoms with Gasteiger partial charge in [-0.05, 0) is 49.9 Å². The molecule has 0 aromatic heterocycles. The molecule has 128 valence electrons. The lowest BCUT2D eigenvalue weighted by Gasteiger charge is -2.30. The summed E-state index contributed by atoms with van der Waals surface area (Å²) >= 11 is 0. The van der Waals surface area contributed by atoms with E-state index >= 15 is 0 Å². The van der Waals surface area contributed by atoms with E-state index in [1.165, 1.54) is 4.31 Å². The average molecular weight is 347 g/mol. The second-order valence-corrected chi connectivity index (χ2v) is 8.35. The molecule has 6 nitrogen and oxygen atoms in total. The largest absolute Gasteiger partial charge is 0.339 e. The maximum absolute atomic E-state index is 12.5. The summed E-state index contributed by atoms with van der Waals surface area (Å²) in [7, 11) is -3.23. The predicted octanol–water partition coefficient (Wildman–Crippen LogP) is 1.99. The highest BCUT2D eigenvalue weighted by Gasteiger charge is 2.27. The number of sulfonamides is 1. The van der Waals surface area contributed by atoms with E-state index < -0.39 is 10.0 Å². The number of carbonyl (C=O) groups excluding carboxylic acids is 1. The summed E-state index contributed by atoms with van der Waals surface area (Å²) in [6.07, 6.45) is 2.99. The van der Waals surface area contributed by atoms with Crippen LogP contribution >= 0.6 is 0 Å². The highest BCUT2D eigenvalue weighted by atomic mass is 32.2. The molecule has 2 saturated heterocycles. The van der Waals surface area contributed by atoms with Crippen LogP contribution in [0.4, 0.5) is 5.69 Å². The molecule has 0 spiro atoms. The average Bonchev–Trinajstić information content (AvgIpc) is 2.61. The molecule has 2 aliphatic rings. The van der Waals surface area contributed by atoms with Crippen LogP contribution in [0.3, 0.4) is 0 Å². The summed E-state index contributed by atoms with van der Waals surface area (Å²) < 4.78 is 25.7.